The monoisotopic (exact) mass is 332 g/mol. The van der Waals surface area contributed by atoms with E-state index in [1.165, 1.54) is 6.07 Å². The standard InChI is InChI=1S/C13H17ClN2O4S/c1-9-7-11(14)12(16(17)18)8-13(9)21(19,20)15-10-5-3-2-4-6-10/h7-8,10,15H,2-6H2,1H3. The van der Waals surface area contributed by atoms with Gasteiger partial charge in [-0.3, -0.25) is 10.1 Å². The second-order valence-electron chi connectivity index (χ2n) is 5.28. The van der Waals surface area contributed by atoms with Crippen LogP contribution in [0.3, 0.4) is 0 Å². The minimum atomic E-state index is -3.78. The molecule has 0 atom stereocenters. The highest BCUT2D eigenvalue weighted by Gasteiger charge is 2.26. The van der Waals surface area contributed by atoms with E-state index < -0.39 is 20.6 Å². The van der Waals surface area contributed by atoms with Crippen molar-refractivity contribution in [1.82, 2.24) is 4.72 Å². The SMILES string of the molecule is Cc1cc(Cl)c([N+](=O)[O-])cc1S(=O)(=O)NC1CCCCC1. The highest BCUT2D eigenvalue weighted by molar-refractivity contribution is 7.89. The minimum absolute atomic E-state index is 0.0610. The van der Waals surface area contributed by atoms with Crippen molar-refractivity contribution >= 4 is 27.3 Å². The first-order chi connectivity index (χ1) is 9.81. The Morgan fingerprint density at radius 1 is 1.29 bits per heavy atom. The summed E-state index contributed by atoms with van der Waals surface area (Å²) in [6, 6.07) is 2.25. The maximum Gasteiger partial charge on any atom is 0.289 e. The zero-order valence-electron chi connectivity index (χ0n) is 11.6. The summed E-state index contributed by atoms with van der Waals surface area (Å²) in [5.41, 5.74) is 0.000181. The van der Waals surface area contributed by atoms with Gasteiger partial charge in [0.15, 0.2) is 0 Å². The van der Waals surface area contributed by atoms with Gasteiger partial charge in [0.05, 0.1) is 9.82 Å². The molecule has 1 fully saturated rings. The molecule has 1 saturated carbocycles. The van der Waals surface area contributed by atoms with Gasteiger partial charge in [0, 0.05) is 12.1 Å². The Morgan fingerprint density at radius 2 is 1.90 bits per heavy atom. The lowest BCUT2D eigenvalue weighted by molar-refractivity contribution is -0.384. The van der Waals surface area contributed by atoms with Gasteiger partial charge in [-0.1, -0.05) is 30.9 Å². The first-order valence-electron chi connectivity index (χ1n) is 6.78. The van der Waals surface area contributed by atoms with Crippen LogP contribution in [0.15, 0.2) is 17.0 Å². The molecule has 1 aromatic rings. The fraction of sp³-hybridized carbons (Fsp3) is 0.538. The summed E-state index contributed by atoms with van der Waals surface area (Å²) < 4.78 is 27.5. The predicted octanol–water partition coefficient (Wildman–Crippen LogP) is 3.17. The third kappa shape index (κ3) is 3.72. The van der Waals surface area contributed by atoms with Crippen LogP contribution >= 0.6 is 11.6 Å². The molecule has 0 saturated heterocycles. The van der Waals surface area contributed by atoms with Gasteiger partial charge in [0.2, 0.25) is 10.0 Å². The summed E-state index contributed by atoms with van der Waals surface area (Å²) >= 11 is 5.78. The molecular formula is C13H17ClN2O4S. The molecule has 116 valence electrons. The van der Waals surface area contributed by atoms with Crippen molar-refractivity contribution in [2.75, 3.05) is 0 Å². The van der Waals surface area contributed by atoms with Crippen molar-refractivity contribution in [2.45, 2.75) is 50.0 Å². The Kier molecular flexibility index (Phi) is 4.85. The van der Waals surface area contributed by atoms with Crippen molar-refractivity contribution in [3.8, 4) is 0 Å². The molecule has 6 nitrogen and oxygen atoms in total. The maximum atomic E-state index is 12.4. The second kappa shape index (κ2) is 6.29. The van der Waals surface area contributed by atoms with Gasteiger partial charge in [-0.2, -0.15) is 0 Å². The maximum absolute atomic E-state index is 12.4. The van der Waals surface area contributed by atoms with Gasteiger partial charge in [-0.25, -0.2) is 13.1 Å². The molecule has 0 aromatic heterocycles. The van der Waals surface area contributed by atoms with Gasteiger partial charge >= 0.3 is 0 Å². The van der Waals surface area contributed by atoms with E-state index in [1.807, 2.05) is 0 Å². The van der Waals surface area contributed by atoms with Crippen LogP contribution in [0.2, 0.25) is 5.02 Å². The number of halogens is 1. The Balaban J connectivity index is 2.34. The topological polar surface area (TPSA) is 89.3 Å². The van der Waals surface area contributed by atoms with Crippen molar-refractivity contribution in [2.24, 2.45) is 0 Å². The summed E-state index contributed by atoms with van der Waals surface area (Å²) in [4.78, 5) is 10.1. The van der Waals surface area contributed by atoms with Crippen molar-refractivity contribution in [3.05, 3.63) is 32.8 Å². The first-order valence-corrected chi connectivity index (χ1v) is 8.64. The van der Waals surface area contributed by atoms with E-state index in [2.05, 4.69) is 4.72 Å². The summed E-state index contributed by atoms with van der Waals surface area (Å²) in [5.74, 6) is 0. The minimum Gasteiger partial charge on any atom is -0.258 e. The van der Waals surface area contributed by atoms with Crippen LogP contribution < -0.4 is 4.72 Å². The normalized spacial score (nSPS) is 16.9. The lowest BCUT2D eigenvalue weighted by atomic mass is 9.96. The van der Waals surface area contributed by atoms with E-state index in [4.69, 9.17) is 11.6 Å². The van der Waals surface area contributed by atoms with E-state index in [0.29, 0.717) is 5.56 Å². The molecule has 1 aliphatic rings. The molecule has 0 unspecified atom stereocenters. The van der Waals surface area contributed by atoms with E-state index in [-0.39, 0.29) is 16.0 Å². The van der Waals surface area contributed by atoms with Crippen LogP contribution in [0.4, 0.5) is 5.69 Å². The summed E-state index contributed by atoms with van der Waals surface area (Å²) in [6.45, 7) is 1.57. The molecule has 1 N–H and O–H groups in total. The number of sulfonamides is 1. The molecule has 0 aliphatic heterocycles. The summed E-state index contributed by atoms with van der Waals surface area (Å²) in [6.07, 6.45) is 4.70. The fourth-order valence-electron chi connectivity index (χ4n) is 2.57. The molecule has 0 amide bonds. The van der Waals surface area contributed by atoms with Crippen molar-refractivity contribution in [3.63, 3.8) is 0 Å². The highest BCUT2D eigenvalue weighted by atomic mass is 35.5. The Bertz CT molecular complexity index is 654. The number of hydrogen-bond acceptors (Lipinski definition) is 4. The molecule has 0 radical (unpaired) electrons. The molecule has 8 heteroatoms. The van der Waals surface area contributed by atoms with Gasteiger partial charge in [0.25, 0.3) is 5.69 Å². The van der Waals surface area contributed by atoms with Crippen molar-refractivity contribution in [1.29, 1.82) is 0 Å². The van der Waals surface area contributed by atoms with Crippen molar-refractivity contribution < 1.29 is 13.3 Å². The zero-order chi connectivity index (χ0) is 15.6. The molecule has 1 aliphatic carbocycles. The second-order valence-corrected chi connectivity index (χ2v) is 7.37. The Hall–Kier alpha value is -1.18. The third-order valence-corrected chi connectivity index (χ3v) is 5.62. The smallest absolute Gasteiger partial charge is 0.258 e. The van der Waals surface area contributed by atoms with Gasteiger partial charge < -0.3 is 0 Å². The van der Waals surface area contributed by atoms with Crippen LogP contribution in [0.5, 0.6) is 0 Å². The van der Waals surface area contributed by atoms with E-state index in [9.17, 15) is 18.5 Å². The van der Waals surface area contributed by atoms with E-state index in [1.54, 1.807) is 6.92 Å². The molecule has 21 heavy (non-hydrogen) atoms. The number of benzene rings is 1. The Labute approximate surface area is 128 Å². The average Bonchev–Trinajstić information content (AvgIpc) is 2.38. The summed E-state index contributed by atoms with van der Waals surface area (Å²) in [5, 5.41) is 10.8. The lowest BCUT2D eigenvalue weighted by Gasteiger charge is -2.23. The Morgan fingerprint density at radius 3 is 2.48 bits per heavy atom. The third-order valence-electron chi connectivity index (χ3n) is 3.66. The van der Waals surface area contributed by atoms with Gasteiger partial charge in [0.1, 0.15) is 5.02 Å². The van der Waals surface area contributed by atoms with Crippen LogP contribution in [-0.2, 0) is 10.0 Å². The number of nitro groups is 1. The molecule has 0 bridgehead atoms. The number of nitrogens with zero attached hydrogens (tertiary/aromatic N) is 1. The number of rotatable bonds is 4. The predicted molar refractivity (Wildman–Crippen MR) is 80.0 cm³/mol. The van der Waals surface area contributed by atoms with Gasteiger partial charge in [-0.15, -0.1) is 0 Å². The van der Waals surface area contributed by atoms with Crippen LogP contribution in [0.25, 0.3) is 0 Å². The average molecular weight is 333 g/mol. The number of aryl methyl sites for hydroxylation is 1. The molecule has 1 aromatic carbocycles. The highest BCUT2D eigenvalue weighted by Crippen LogP contribution is 2.30. The van der Waals surface area contributed by atoms with Crippen LogP contribution in [-0.4, -0.2) is 19.4 Å². The fourth-order valence-corrected chi connectivity index (χ4v) is 4.41. The molecule has 0 heterocycles. The number of nitrogens with one attached hydrogen (secondary N) is 1. The summed E-state index contributed by atoms with van der Waals surface area (Å²) in [7, 11) is -3.78. The first kappa shape index (κ1) is 16.2. The molecular weight excluding hydrogens is 316 g/mol. The lowest BCUT2D eigenvalue weighted by Crippen LogP contribution is -2.36. The molecule has 0 spiro atoms. The zero-order valence-corrected chi connectivity index (χ0v) is 13.2. The van der Waals surface area contributed by atoms with Crippen LogP contribution in [0, 0.1) is 17.0 Å². The van der Waals surface area contributed by atoms with Crippen LogP contribution in [0.1, 0.15) is 37.7 Å². The van der Waals surface area contributed by atoms with E-state index in [0.717, 1.165) is 38.2 Å². The number of hydrogen-bond donors (Lipinski definition) is 1. The molecule has 2 rings (SSSR count). The largest absolute Gasteiger partial charge is 0.289 e. The van der Waals surface area contributed by atoms with Gasteiger partial charge in [-0.05, 0) is 31.4 Å². The number of nitro benzene ring substituents is 1. The quantitative estimate of drug-likeness (QED) is 0.677. The van der Waals surface area contributed by atoms with E-state index >= 15 is 0 Å².